The zero-order valence-corrected chi connectivity index (χ0v) is 13.4. The number of aliphatic hydroxyl groups excluding tert-OH is 1. The molecule has 0 aliphatic carbocycles. The molecule has 0 spiro atoms. The van der Waals surface area contributed by atoms with E-state index in [2.05, 4.69) is 17.2 Å². The second kappa shape index (κ2) is 10.7. The summed E-state index contributed by atoms with van der Waals surface area (Å²) in [6.45, 7) is 8.16. The summed E-state index contributed by atoms with van der Waals surface area (Å²) in [6.07, 6.45) is 7.88. The van der Waals surface area contributed by atoms with Gasteiger partial charge in [-0.15, -0.1) is 0 Å². The molecule has 0 aliphatic heterocycles. The van der Waals surface area contributed by atoms with Crippen LogP contribution < -0.4 is 10.6 Å². The molecule has 0 rings (SSSR count). The van der Waals surface area contributed by atoms with Gasteiger partial charge in [0.1, 0.15) is 6.23 Å². The SMILES string of the molecule is C=C(C)C/C=C(\C=C/CNC=O)NC(O)/C=C(/C)N(C)C. The Balaban J connectivity index is 4.77. The van der Waals surface area contributed by atoms with E-state index < -0.39 is 6.23 Å². The fourth-order valence-corrected chi connectivity index (χ4v) is 1.35. The third kappa shape index (κ3) is 10.4. The van der Waals surface area contributed by atoms with E-state index in [0.717, 1.165) is 23.4 Å². The molecule has 21 heavy (non-hydrogen) atoms. The number of rotatable bonds is 10. The molecule has 1 atom stereocenters. The van der Waals surface area contributed by atoms with Crippen molar-refractivity contribution in [2.24, 2.45) is 0 Å². The van der Waals surface area contributed by atoms with Crippen molar-refractivity contribution in [3.05, 3.63) is 47.9 Å². The van der Waals surface area contributed by atoms with Crippen molar-refractivity contribution in [1.82, 2.24) is 15.5 Å². The van der Waals surface area contributed by atoms with Crippen LogP contribution in [-0.4, -0.2) is 43.3 Å². The Morgan fingerprint density at radius 3 is 2.57 bits per heavy atom. The molecule has 0 fully saturated rings. The van der Waals surface area contributed by atoms with Gasteiger partial charge in [0.2, 0.25) is 6.41 Å². The van der Waals surface area contributed by atoms with Crippen LogP contribution in [0.4, 0.5) is 0 Å². The Morgan fingerprint density at radius 1 is 1.38 bits per heavy atom. The van der Waals surface area contributed by atoms with Gasteiger partial charge in [-0.05, 0) is 32.4 Å². The maximum atomic E-state index is 10.2. The van der Waals surface area contributed by atoms with E-state index in [0.29, 0.717) is 13.0 Å². The fourth-order valence-electron chi connectivity index (χ4n) is 1.35. The number of allylic oxidation sites excluding steroid dienone is 4. The molecule has 0 saturated heterocycles. The lowest BCUT2D eigenvalue weighted by atomic mass is 10.2. The maximum Gasteiger partial charge on any atom is 0.207 e. The highest BCUT2D eigenvalue weighted by atomic mass is 16.3. The first-order valence-corrected chi connectivity index (χ1v) is 6.85. The van der Waals surface area contributed by atoms with Gasteiger partial charge >= 0.3 is 0 Å². The normalized spacial score (nSPS) is 14.0. The van der Waals surface area contributed by atoms with E-state index in [1.54, 1.807) is 12.2 Å². The average Bonchev–Trinajstić information content (AvgIpc) is 2.40. The summed E-state index contributed by atoms with van der Waals surface area (Å²) in [5, 5.41) is 15.6. The number of hydrogen-bond donors (Lipinski definition) is 3. The van der Waals surface area contributed by atoms with Crippen LogP contribution >= 0.6 is 0 Å². The van der Waals surface area contributed by atoms with Crippen molar-refractivity contribution < 1.29 is 9.90 Å². The van der Waals surface area contributed by atoms with Gasteiger partial charge in [0.25, 0.3) is 0 Å². The molecule has 0 aromatic heterocycles. The lowest BCUT2D eigenvalue weighted by molar-refractivity contribution is -0.109. The van der Waals surface area contributed by atoms with E-state index in [1.807, 2.05) is 45.0 Å². The van der Waals surface area contributed by atoms with Crippen LogP contribution in [0.2, 0.25) is 0 Å². The zero-order chi connectivity index (χ0) is 16.3. The van der Waals surface area contributed by atoms with Gasteiger partial charge in [0.05, 0.1) is 0 Å². The first kappa shape index (κ1) is 19.0. The Morgan fingerprint density at radius 2 is 2.05 bits per heavy atom. The van der Waals surface area contributed by atoms with E-state index in [4.69, 9.17) is 0 Å². The van der Waals surface area contributed by atoms with E-state index >= 15 is 0 Å². The summed E-state index contributed by atoms with van der Waals surface area (Å²) in [7, 11) is 3.84. The number of nitrogens with zero attached hydrogens (tertiary/aromatic N) is 1. The van der Waals surface area contributed by atoms with Crippen molar-refractivity contribution in [1.29, 1.82) is 0 Å². The molecule has 118 valence electrons. The zero-order valence-electron chi connectivity index (χ0n) is 13.4. The van der Waals surface area contributed by atoms with Gasteiger partial charge in [0.15, 0.2) is 0 Å². The number of amides is 1. The molecule has 1 unspecified atom stereocenters. The number of hydrogen-bond acceptors (Lipinski definition) is 4. The molecule has 0 saturated carbocycles. The van der Waals surface area contributed by atoms with Crippen LogP contribution in [0.1, 0.15) is 20.3 Å². The molecular weight excluding hydrogens is 266 g/mol. The summed E-state index contributed by atoms with van der Waals surface area (Å²) >= 11 is 0. The molecule has 0 aromatic carbocycles. The van der Waals surface area contributed by atoms with Crippen molar-refractivity contribution in [3.8, 4) is 0 Å². The minimum absolute atomic E-state index is 0.443. The number of aliphatic hydroxyl groups is 1. The second-order valence-electron chi connectivity index (χ2n) is 5.04. The Labute approximate surface area is 127 Å². The molecular formula is C16H27N3O2. The van der Waals surface area contributed by atoms with Crippen molar-refractivity contribution in [3.63, 3.8) is 0 Å². The second-order valence-corrected chi connectivity index (χ2v) is 5.04. The molecule has 0 aliphatic rings. The predicted octanol–water partition coefficient (Wildman–Crippen LogP) is 1.51. The van der Waals surface area contributed by atoms with Gasteiger partial charge in [-0.3, -0.25) is 4.79 Å². The number of nitrogens with one attached hydrogen (secondary N) is 2. The van der Waals surface area contributed by atoms with Crippen LogP contribution in [0, 0.1) is 0 Å². The number of carbonyl (C=O) groups is 1. The van der Waals surface area contributed by atoms with Crippen LogP contribution in [0.3, 0.4) is 0 Å². The topological polar surface area (TPSA) is 64.6 Å². The lowest BCUT2D eigenvalue weighted by Gasteiger charge is -2.17. The third-order valence-electron chi connectivity index (χ3n) is 2.71. The highest BCUT2D eigenvalue weighted by Crippen LogP contribution is 2.04. The number of carbonyl (C=O) groups excluding carboxylic acids is 1. The third-order valence-corrected chi connectivity index (χ3v) is 2.71. The standard InChI is InChI=1S/C16H27N3O2/c1-13(2)8-9-15(7-6-10-17-12-20)18-16(21)11-14(3)19(4)5/h6-7,9,11-12,16,18,21H,1,8,10H2,2-5H3,(H,17,20)/b7-6-,14-11-,15-9+. The van der Waals surface area contributed by atoms with Crippen LogP contribution in [0.15, 0.2) is 47.9 Å². The summed E-state index contributed by atoms with van der Waals surface area (Å²) in [6, 6.07) is 0. The minimum Gasteiger partial charge on any atom is -0.381 e. The smallest absolute Gasteiger partial charge is 0.207 e. The van der Waals surface area contributed by atoms with E-state index in [1.165, 1.54) is 0 Å². The maximum absolute atomic E-state index is 10.2. The molecule has 5 heteroatoms. The summed E-state index contributed by atoms with van der Waals surface area (Å²) in [5.41, 5.74) is 2.77. The van der Waals surface area contributed by atoms with Crippen LogP contribution in [-0.2, 0) is 4.79 Å². The molecule has 0 radical (unpaired) electrons. The molecule has 1 amide bonds. The predicted molar refractivity (Wildman–Crippen MR) is 87.3 cm³/mol. The molecule has 0 heterocycles. The summed E-state index contributed by atoms with van der Waals surface area (Å²) in [4.78, 5) is 12.1. The highest BCUT2D eigenvalue weighted by Gasteiger charge is 2.02. The fraction of sp³-hybridized carbons (Fsp3) is 0.438. The van der Waals surface area contributed by atoms with Crippen molar-refractivity contribution in [2.75, 3.05) is 20.6 Å². The van der Waals surface area contributed by atoms with Crippen LogP contribution in [0.25, 0.3) is 0 Å². The molecule has 0 aromatic rings. The Kier molecular flexibility index (Phi) is 9.71. The van der Waals surface area contributed by atoms with Crippen molar-refractivity contribution >= 4 is 6.41 Å². The van der Waals surface area contributed by atoms with Crippen molar-refractivity contribution in [2.45, 2.75) is 26.5 Å². The summed E-state index contributed by atoms with van der Waals surface area (Å²) in [5.74, 6) is 0. The highest BCUT2D eigenvalue weighted by molar-refractivity contribution is 5.46. The quantitative estimate of drug-likeness (QED) is 0.188. The van der Waals surface area contributed by atoms with Gasteiger partial charge in [-0.2, -0.15) is 0 Å². The molecule has 0 bridgehead atoms. The van der Waals surface area contributed by atoms with Gasteiger partial charge in [-0.25, -0.2) is 0 Å². The van der Waals surface area contributed by atoms with Crippen LogP contribution in [0.5, 0.6) is 0 Å². The first-order valence-electron chi connectivity index (χ1n) is 6.85. The molecule has 5 nitrogen and oxygen atoms in total. The van der Waals surface area contributed by atoms with Gasteiger partial charge < -0.3 is 20.6 Å². The monoisotopic (exact) mass is 293 g/mol. The Bertz CT molecular complexity index is 423. The Hall–Kier alpha value is -2.01. The van der Waals surface area contributed by atoms with E-state index in [-0.39, 0.29) is 0 Å². The van der Waals surface area contributed by atoms with Gasteiger partial charge in [-0.1, -0.05) is 24.3 Å². The first-order chi connectivity index (χ1) is 9.86. The largest absolute Gasteiger partial charge is 0.381 e. The minimum atomic E-state index is -0.785. The lowest BCUT2D eigenvalue weighted by Crippen LogP contribution is -2.27. The van der Waals surface area contributed by atoms with Gasteiger partial charge in [0, 0.05) is 32.0 Å². The van der Waals surface area contributed by atoms with E-state index in [9.17, 15) is 9.90 Å². The molecule has 3 N–H and O–H groups in total. The average molecular weight is 293 g/mol. The summed E-state index contributed by atoms with van der Waals surface area (Å²) < 4.78 is 0.